The van der Waals surface area contributed by atoms with Crippen LogP contribution in [0.3, 0.4) is 0 Å². The molecule has 0 saturated carbocycles. The van der Waals surface area contributed by atoms with E-state index in [4.69, 9.17) is 0 Å². The Hall–Kier alpha value is -2.11. The summed E-state index contributed by atoms with van der Waals surface area (Å²) in [5.41, 5.74) is 0.376. The van der Waals surface area contributed by atoms with Crippen LogP contribution in [0.15, 0.2) is 24.3 Å². The molecule has 3 amide bonds. The highest BCUT2D eigenvalue weighted by molar-refractivity contribution is 5.94. The van der Waals surface area contributed by atoms with Crippen LogP contribution in [0.1, 0.15) is 37.6 Å². The van der Waals surface area contributed by atoms with Crippen LogP contribution in [0, 0.1) is 11.2 Å². The molecule has 1 fully saturated rings. The summed E-state index contributed by atoms with van der Waals surface area (Å²) in [6, 6.07) is 5.63. The van der Waals surface area contributed by atoms with Crippen molar-refractivity contribution in [3.63, 3.8) is 0 Å². The fourth-order valence-electron chi connectivity index (χ4n) is 2.58. The van der Waals surface area contributed by atoms with E-state index >= 15 is 0 Å². The Balaban J connectivity index is 1.92. The number of rotatable bonds is 2. The maximum absolute atomic E-state index is 13.3. The number of benzene rings is 1. The van der Waals surface area contributed by atoms with Crippen molar-refractivity contribution in [2.24, 2.45) is 5.41 Å². The van der Waals surface area contributed by atoms with Gasteiger partial charge in [0.1, 0.15) is 5.82 Å². The monoisotopic (exact) mass is 335 g/mol. The molecule has 1 aliphatic heterocycles. The topological polar surface area (TPSA) is 52.7 Å². The van der Waals surface area contributed by atoms with Gasteiger partial charge < -0.3 is 15.1 Å². The summed E-state index contributed by atoms with van der Waals surface area (Å²) in [6.45, 7) is 8.92. The van der Waals surface area contributed by atoms with Crippen LogP contribution < -0.4 is 5.32 Å². The highest BCUT2D eigenvalue weighted by Gasteiger charge is 2.23. The molecule has 1 aliphatic rings. The molecule has 1 saturated heterocycles. The number of hydrogen-bond donors (Lipinski definition) is 1. The maximum Gasteiger partial charge on any atom is 0.317 e. The van der Waals surface area contributed by atoms with Gasteiger partial charge in [-0.05, 0) is 30.0 Å². The number of nitrogens with one attached hydrogen (secondary N) is 1. The van der Waals surface area contributed by atoms with Crippen LogP contribution in [0.5, 0.6) is 0 Å². The fourth-order valence-corrected chi connectivity index (χ4v) is 2.58. The molecule has 6 heteroatoms. The second-order valence-electron chi connectivity index (χ2n) is 7.36. The van der Waals surface area contributed by atoms with Gasteiger partial charge in [0.25, 0.3) is 5.91 Å². The van der Waals surface area contributed by atoms with Crippen LogP contribution in [-0.4, -0.2) is 54.5 Å². The van der Waals surface area contributed by atoms with Crippen LogP contribution in [0.25, 0.3) is 0 Å². The summed E-state index contributed by atoms with van der Waals surface area (Å²) in [6.07, 6.45) is 0.712. The third-order valence-corrected chi connectivity index (χ3v) is 3.91. The average molecular weight is 335 g/mol. The van der Waals surface area contributed by atoms with E-state index in [2.05, 4.69) is 26.1 Å². The second-order valence-corrected chi connectivity index (χ2v) is 7.36. The first-order valence-electron chi connectivity index (χ1n) is 8.34. The van der Waals surface area contributed by atoms with Crippen molar-refractivity contribution >= 4 is 11.9 Å². The molecule has 2 rings (SSSR count). The van der Waals surface area contributed by atoms with E-state index in [9.17, 15) is 14.0 Å². The lowest BCUT2D eigenvalue weighted by Gasteiger charge is -2.25. The Morgan fingerprint density at radius 1 is 1.12 bits per heavy atom. The van der Waals surface area contributed by atoms with Gasteiger partial charge in [0.15, 0.2) is 0 Å². The fraction of sp³-hybridized carbons (Fsp3) is 0.556. The minimum atomic E-state index is -0.418. The Morgan fingerprint density at radius 2 is 1.79 bits per heavy atom. The summed E-state index contributed by atoms with van der Waals surface area (Å²) >= 11 is 0. The third kappa shape index (κ3) is 5.22. The molecule has 0 unspecified atom stereocenters. The Labute approximate surface area is 142 Å². The minimum Gasteiger partial charge on any atom is -0.337 e. The predicted molar refractivity (Wildman–Crippen MR) is 91.3 cm³/mol. The summed E-state index contributed by atoms with van der Waals surface area (Å²) in [5.74, 6) is -0.606. The Morgan fingerprint density at radius 3 is 2.46 bits per heavy atom. The molecule has 1 N–H and O–H groups in total. The van der Waals surface area contributed by atoms with Gasteiger partial charge in [0.05, 0.1) is 0 Å². The van der Waals surface area contributed by atoms with Gasteiger partial charge in [-0.2, -0.15) is 0 Å². The van der Waals surface area contributed by atoms with Crippen molar-refractivity contribution < 1.29 is 14.0 Å². The molecule has 5 nitrogen and oxygen atoms in total. The lowest BCUT2D eigenvalue weighted by Crippen LogP contribution is -2.44. The highest BCUT2D eigenvalue weighted by Crippen LogP contribution is 2.13. The second kappa shape index (κ2) is 7.64. The summed E-state index contributed by atoms with van der Waals surface area (Å²) in [7, 11) is 0. The molecule has 24 heavy (non-hydrogen) atoms. The standard InChI is InChI=1S/C18H26FN3O2/c1-18(2,3)13-20-17(24)22-9-5-8-21(10-11-22)16(23)14-6-4-7-15(19)12-14/h4,6-7,12H,5,8-11,13H2,1-3H3,(H,20,24). The van der Waals surface area contributed by atoms with Crippen molar-refractivity contribution in [1.29, 1.82) is 0 Å². The molecule has 0 bridgehead atoms. The number of amides is 3. The summed E-state index contributed by atoms with van der Waals surface area (Å²) in [5, 5.41) is 2.94. The van der Waals surface area contributed by atoms with E-state index in [1.54, 1.807) is 15.9 Å². The number of nitrogens with zero attached hydrogens (tertiary/aromatic N) is 2. The van der Waals surface area contributed by atoms with Crippen LogP contribution in [0.4, 0.5) is 9.18 Å². The van der Waals surface area contributed by atoms with E-state index in [-0.39, 0.29) is 17.4 Å². The zero-order valence-electron chi connectivity index (χ0n) is 14.6. The highest BCUT2D eigenvalue weighted by atomic mass is 19.1. The SMILES string of the molecule is CC(C)(C)CNC(=O)N1CCCN(C(=O)c2cccc(F)c2)CC1. The van der Waals surface area contributed by atoms with Crippen molar-refractivity contribution in [3.05, 3.63) is 35.6 Å². The molecule has 1 heterocycles. The third-order valence-electron chi connectivity index (χ3n) is 3.91. The molecule has 0 radical (unpaired) electrons. The molecular weight excluding hydrogens is 309 g/mol. The van der Waals surface area contributed by atoms with Gasteiger partial charge in [-0.25, -0.2) is 9.18 Å². The maximum atomic E-state index is 13.3. The van der Waals surface area contributed by atoms with E-state index in [1.807, 2.05) is 0 Å². The number of carbonyl (C=O) groups excluding carboxylic acids is 2. The van der Waals surface area contributed by atoms with Gasteiger partial charge >= 0.3 is 6.03 Å². The average Bonchev–Trinajstić information content (AvgIpc) is 2.77. The number of hydrogen-bond acceptors (Lipinski definition) is 2. The van der Waals surface area contributed by atoms with Crippen molar-refractivity contribution in [1.82, 2.24) is 15.1 Å². The molecule has 0 atom stereocenters. The van der Waals surface area contributed by atoms with E-state index in [0.29, 0.717) is 44.7 Å². The summed E-state index contributed by atoms with van der Waals surface area (Å²) < 4.78 is 13.3. The van der Waals surface area contributed by atoms with Crippen LogP contribution in [0.2, 0.25) is 0 Å². The lowest BCUT2D eigenvalue weighted by molar-refractivity contribution is 0.0761. The molecule has 0 aliphatic carbocycles. The van der Waals surface area contributed by atoms with Crippen molar-refractivity contribution in [3.8, 4) is 0 Å². The van der Waals surface area contributed by atoms with Gasteiger partial charge in [-0.1, -0.05) is 26.8 Å². The summed E-state index contributed by atoms with van der Waals surface area (Å²) in [4.78, 5) is 28.2. The minimum absolute atomic E-state index is 0.0287. The Bertz CT molecular complexity index is 598. The molecule has 1 aromatic carbocycles. The van der Waals surface area contributed by atoms with Crippen molar-refractivity contribution in [2.75, 3.05) is 32.7 Å². The van der Waals surface area contributed by atoms with Crippen LogP contribution >= 0.6 is 0 Å². The number of urea groups is 1. The van der Waals surface area contributed by atoms with Gasteiger partial charge in [0.2, 0.25) is 0 Å². The van der Waals surface area contributed by atoms with E-state index < -0.39 is 5.82 Å². The van der Waals surface area contributed by atoms with Crippen molar-refractivity contribution in [2.45, 2.75) is 27.2 Å². The predicted octanol–water partition coefficient (Wildman–Crippen LogP) is 2.73. The van der Waals surface area contributed by atoms with Gasteiger partial charge in [0, 0.05) is 38.3 Å². The largest absolute Gasteiger partial charge is 0.337 e. The molecule has 1 aromatic rings. The zero-order valence-corrected chi connectivity index (χ0v) is 14.6. The number of carbonyl (C=O) groups is 2. The first-order valence-corrected chi connectivity index (χ1v) is 8.34. The first-order chi connectivity index (χ1) is 11.3. The van der Waals surface area contributed by atoms with Gasteiger partial charge in [-0.15, -0.1) is 0 Å². The van der Waals surface area contributed by atoms with E-state index in [0.717, 1.165) is 0 Å². The quantitative estimate of drug-likeness (QED) is 0.903. The molecule has 0 spiro atoms. The Kier molecular flexibility index (Phi) is 5.80. The normalized spacial score (nSPS) is 15.8. The zero-order chi connectivity index (χ0) is 17.7. The molecular formula is C18H26FN3O2. The lowest BCUT2D eigenvalue weighted by atomic mass is 9.97. The first kappa shape index (κ1) is 18.2. The molecule has 0 aromatic heterocycles. The molecule has 132 valence electrons. The number of halogens is 1. The van der Waals surface area contributed by atoms with Gasteiger partial charge in [-0.3, -0.25) is 4.79 Å². The van der Waals surface area contributed by atoms with E-state index in [1.165, 1.54) is 18.2 Å². The van der Waals surface area contributed by atoms with Crippen LogP contribution in [-0.2, 0) is 0 Å². The smallest absolute Gasteiger partial charge is 0.317 e.